The van der Waals surface area contributed by atoms with Gasteiger partial charge in [0, 0.05) is 12.1 Å². The summed E-state index contributed by atoms with van der Waals surface area (Å²) in [4.78, 5) is 33.7. The minimum absolute atomic E-state index is 0.139. The molecule has 2 aromatic heterocycles. The molecule has 148 valence electrons. The van der Waals surface area contributed by atoms with E-state index in [9.17, 15) is 9.59 Å². The second kappa shape index (κ2) is 8.22. The molecular formula is C19H24N6O2S. The molecular weight excluding hydrogens is 376 g/mol. The fraction of sp³-hybridized carbons (Fsp3) is 0.474. The van der Waals surface area contributed by atoms with Crippen molar-refractivity contribution in [3.8, 4) is 0 Å². The average molecular weight is 401 g/mol. The van der Waals surface area contributed by atoms with Crippen LogP contribution >= 0.6 is 11.8 Å². The van der Waals surface area contributed by atoms with Crippen molar-refractivity contribution in [1.29, 1.82) is 0 Å². The van der Waals surface area contributed by atoms with E-state index in [1.165, 1.54) is 37.4 Å². The van der Waals surface area contributed by atoms with Gasteiger partial charge in [-0.25, -0.2) is 9.78 Å². The lowest BCUT2D eigenvalue weighted by Gasteiger charge is -2.10. The van der Waals surface area contributed by atoms with Crippen molar-refractivity contribution in [2.45, 2.75) is 55.9 Å². The van der Waals surface area contributed by atoms with Crippen LogP contribution in [0.1, 0.15) is 44.9 Å². The number of aromatic amines is 3. The largest absolute Gasteiger partial charge is 0.325 e. The number of anilines is 1. The lowest BCUT2D eigenvalue weighted by molar-refractivity contribution is -0.115. The number of benzene rings is 1. The molecule has 0 bridgehead atoms. The van der Waals surface area contributed by atoms with Gasteiger partial charge in [0.2, 0.25) is 11.1 Å². The number of thioether (sulfide) groups is 1. The van der Waals surface area contributed by atoms with Gasteiger partial charge >= 0.3 is 5.69 Å². The smallest absolute Gasteiger partial charge is 0.323 e. The second-order valence-electron chi connectivity index (χ2n) is 7.34. The molecule has 1 aliphatic rings. The van der Waals surface area contributed by atoms with Gasteiger partial charge in [0.1, 0.15) is 5.82 Å². The molecule has 1 fully saturated rings. The lowest BCUT2D eigenvalue weighted by Crippen LogP contribution is -2.22. The zero-order valence-corrected chi connectivity index (χ0v) is 16.6. The second-order valence-corrected chi connectivity index (χ2v) is 8.65. The van der Waals surface area contributed by atoms with Crippen LogP contribution in [0.2, 0.25) is 0 Å². The summed E-state index contributed by atoms with van der Waals surface area (Å²) in [5.74, 6) is 1.57. The molecule has 4 N–H and O–H groups in total. The van der Waals surface area contributed by atoms with E-state index < -0.39 is 0 Å². The van der Waals surface area contributed by atoms with Crippen LogP contribution in [0.3, 0.4) is 0 Å². The van der Waals surface area contributed by atoms with Crippen molar-refractivity contribution in [3.63, 3.8) is 0 Å². The fourth-order valence-electron chi connectivity index (χ4n) is 3.65. The molecule has 0 spiro atoms. The number of aromatic nitrogens is 5. The molecule has 2 heterocycles. The van der Waals surface area contributed by atoms with E-state index in [1.807, 2.05) is 6.92 Å². The zero-order chi connectivity index (χ0) is 19.5. The molecule has 4 rings (SSSR count). The Kier molecular flexibility index (Phi) is 5.52. The van der Waals surface area contributed by atoms with Crippen LogP contribution in [-0.2, 0) is 11.2 Å². The molecule has 28 heavy (non-hydrogen) atoms. The molecule has 1 unspecified atom stereocenters. The van der Waals surface area contributed by atoms with E-state index in [4.69, 9.17) is 0 Å². The minimum atomic E-state index is -0.348. The summed E-state index contributed by atoms with van der Waals surface area (Å²) in [7, 11) is 0. The maximum Gasteiger partial charge on any atom is 0.323 e. The molecule has 0 saturated heterocycles. The minimum Gasteiger partial charge on any atom is -0.325 e. The van der Waals surface area contributed by atoms with Crippen molar-refractivity contribution >= 4 is 34.4 Å². The van der Waals surface area contributed by atoms with Crippen molar-refractivity contribution < 1.29 is 4.79 Å². The third-order valence-corrected chi connectivity index (χ3v) is 6.17. The molecule has 1 aliphatic carbocycles. The molecule has 0 radical (unpaired) electrons. The predicted octanol–water partition coefficient (Wildman–Crippen LogP) is 3.22. The van der Waals surface area contributed by atoms with Crippen molar-refractivity contribution in [1.82, 2.24) is 25.1 Å². The van der Waals surface area contributed by atoms with Gasteiger partial charge in [-0.05, 0) is 37.5 Å². The summed E-state index contributed by atoms with van der Waals surface area (Å²) in [6, 6.07) is 5.25. The van der Waals surface area contributed by atoms with Crippen molar-refractivity contribution in [3.05, 3.63) is 34.5 Å². The lowest BCUT2D eigenvalue weighted by atomic mass is 10.0. The van der Waals surface area contributed by atoms with Gasteiger partial charge in [-0.15, -0.1) is 5.10 Å². The Morgan fingerprint density at radius 1 is 1.29 bits per heavy atom. The molecule has 0 aliphatic heterocycles. The van der Waals surface area contributed by atoms with E-state index >= 15 is 0 Å². The summed E-state index contributed by atoms with van der Waals surface area (Å²) in [5.41, 5.74) is 1.73. The number of hydrogen-bond donors (Lipinski definition) is 4. The fourth-order valence-corrected chi connectivity index (χ4v) is 4.39. The van der Waals surface area contributed by atoms with Crippen LogP contribution in [0.15, 0.2) is 28.2 Å². The van der Waals surface area contributed by atoms with E-state index in [2.05, 4.69) is 30.5 Å². The quantitative estimate of drug-likeness (QED) is 0.454. The topological polar surface area (TPSA) is 119 Å². The highest BCUT2D eigenvalue weighted by Gasteiger charge is 2.19. The number of imidazole rings is 1. The maximum absolute atomic E-state index is 12.5. The Balaban J connectivity index is 1.31. The summed E-state index contributed by atoms with van der Waals surface area (Å²) in [6.45, 7) is 1.82. The molecule has 1 saturated carbocycles. The zero-order valence-electron chi connectivity index (χ0n) is 15.7. The highest BCUT2D eigenvalue weighted by molar-refractivity contribution is 8.00. The number of carbonyl (C=O) groups is 1. The van der Waals surface area contributed by atoms with Gasteiger partial charge < -0.3 is 15.3 Å². The Bertz CT molecular complexity index is 1020. The number of nitrogens with zero attached hydrogens (tertiary/aromatic N) is 2. The van der Waals surface area contributed by atoms with Gasteiger partial charge in [0.25, 0.3) is 0 Å². The predicted molar refractivity (Wildman–Crippen MR) is 110 cm³/mol. The number of amides is 1. The van der Waals surface area contributed by atoms with Crippen LogP contribution < -0.4 is 11.0 Å². The normalized spacial score (nSPS) is 15.9. The van der Waals surface area contributed by atoms with Gasteiger partial charge in [-0.2, -0.15) is 0 Å². The molecule has 8 nitrogen and oxygen atoms in total. The standard InChI is InChI=1S/C19H24N6O2S/c1-11(17(26)20-13-7-8-14-15(10-13)22-18(27)21-14)28-19-23-16(24-25-19)9-6-12-4-2-3-5-12/h7-8,10-12H,2-6,9H2,1H3,(H,20,26)(H2,21,22,27)(H,23,24,25). The number of hydrogen-bond acceptors (Lipinski definition) is 5. The first kappa shape index (κ1) is 18.8. The highest BCUT2D eigenvalue weighted by Crippen LogP contribution is 2.28. The summed E-state index contributed by atoms with van der Waals surface area (Å²) < 4.78 is 0. The third-order valence-electron chi connectivity index (χ3n) is 5.21. The van der Waals surface area contributed by atoms with Gasteiger partial charge in [0.05, 0.1) is 16.3 Å². The van der Waals surface area contributed by atoms with Crippen LogP contribution in [-0.4, -0.2) is 36.3 Å². The number of aryl methyl sites for hydroxylation is 1. The van der Waals surface area contributed by atoms with Crippen LogP contribution in [0, 0.1) is 5.92 Å². The number of carbonyl (C=O) groups excluding carboxylic acids is 1. The Morgan fingerprint density at radius 2 is 2.07 bits per heavy atom. The van der Waals surface area contributed by atoms with Crippen molar-refractivity contribution in [2.24, 2.45) is 5.92 Å². The van der Waals surface area contributed by atoms with Crippen LogP contribution in [0.25, 0.3) is 11.0 Å². The Labute approximate surface area is 166 Å². The van der Waals surface area contributed by atoms with Crippen molar-refractivity contribution in [2.75, 3.05) is 5.32 Å². The number of rotatable bonds is 7. The van der Waals surface area contributed by atoms with Crippen LogP contribution in [0.5, 0.6) is 0 Å². The van der Waals surface area contributed by atoms with Crippen LogP contribution in [0.4, 0.5) is 5.69 Å². The molecule has 3 aromatic rings. The van der Waals surface area contributed by atoms with E-state index in [-0.39, 0.29) is 16.8 Å². The van der Waals surface area contributed by atoms with E-state index in [0.29, 0.717) is 21.9 Å². The van der Waals surface area contributed by atoms with Gasteiger partial charge in [0.15, 0.2) is 0 Å². The number of H-pyrrole nitrogens is 3. The Morgan fingerprint density at radius 3 is 2.89 bits per heavy atom. The summed E-state index contributed by atoms with van der Waals surface area (Å²) in [6.07, 6.45) is 7.42. The number of nitrogens with one attached hydrogen (secondary N) is 4. The van der Waals surface area contributed by atoms with E-state index in [1.54, 1.807) is 18.2 Å². The molecule has 1 aromatic carbocycles. The summed E-state index contributed by atoms with van der Waals surface area (Å²) >= 11 is 1.33. The monoisotopic (exact) mass is 400 g/mol. The first-order valence-electron chi connectivity index (χ1n) is 9.67. The van der Waals surface area contributed by atoms with E-state index in [0.717, 1.165) is 24.6 Å². The SMILES string of the molecule is CC(Sc1n[nH]c(CCC2CCCC2)n1)C(=O)Nc1ccc2[nH]c(=O)[nH]c2c1. The third kappa shape index (κ3) is 4.46. The van der Waals surface area contributed by atoms with Gasteiger partial charge in [-0.1, -0.05) is 37.4 Å². The molecule has 1 atom stereocenters. The Hall–Kier alpha value is -2.55. The first-order chi connectivity index (χ1) is 13.6. The molecule has 1 amide bonds. The summed E-state index contributed by atoms with van der Waals surface area (Å²) in [5, 5.41) is 10.3. The highest BCUT2D eigenvalue weighted by atomic mass is 32.2. The average Bonchev–Trinajstić information content (AvgIpc) is 3.39. The number of fused-ring (bicyclic) bond motifs is 1. The maximum atomic E-state index is 12.5. The van der Waals surface area contributed by atoms with Gasteiger partial charge in [-0.3, -0.25) is 9.89 Å². The molecule has 9 heteroatoms. The first-order valence-corrected chi connectivity index (χ1v) is 10.6.